The number of anilines is 1. The normalized spacial score (nSPS) is 16.0. The van der Waals surface area contributed by atoms with Crippen LogP contribution >= 0.6 is 0 Å². The fraction of sp³-hybridized carbons (Fsp3) is 0.318. The second kappa shape index (κ2) is 8.71. The van der Waals surface area contributed by atoms with Gasteiger partial charge in [-0.2, -0.15) is 8.42 Å². The number of rotatable bonds is 6. The zero-order valence-electron chi connectivity index (χ0n) is 17.3. The number of allylic oxidation sites excluding steroid dienone is 2. The molecule has 158 valence electrons. The van der Waals surface area contributed by atoms with Gasteiger partial charge in [0.15, 0.2) is 0 Å². The molecule has 0 bridgehead atoms. The van der Waals surface area contributed by atoms with Gasteiger partial charge in [0.05, 0.1) is 17.3 Å². The Morgan fingerprint density at radius 1 is 1.30 bits per heavy atom. The number of nitrogens with one attached hydrogen (secondary N) is 1. The van der Waals surface area contributed by atoms with Crippen LogP contribution in [0.4, 0.5) is 5.88 Å². The monoisotopic (exact) mass is 428 g/mol. The lowest BCUT2D eigenvalue weighted by molar-refractivity contribution is 0.0696. The molecule has 1 atom stereocenters. The van der Waals surface area contributed by atoms with Crippen LogP contribution in [-0.4, -0.2) is 35.6 Å². The van der Waals surface area contributed by atoms with Crippen LogP contribution in [0.2, 0.25) is 0 Å². The summed E-state index contributed by atoms with van der Waals surface area (Å²) in [7, 11) is -2.59. The van der Waals surface area contributed by atoms with Crippen LogP contribution in [0.15, 0.2) is 41.0 Å². The van der Waals surface area contributed by atoms with Crippen molar-refractivity contribution in [1.29, 1.82) is 0 Å². The van der Waals surface area contributed by atoms with E-state index in [1.54, 1.807) is 37.3 Å². The van der Waals surface area contributed by atoms with Crippen LogP contribution in [0, 0.1) is 19.8 Å². The van der Waals surface area contributed by atoms with Crippen molar-refractivity contribution in [3.8, 4) is 0 Å². The largest absolute Gasteiger partial charge is 0.478 e. The van der Waals surface area contributed by atoms with E-state index in [0.29, 0.717) is 28.6 Å². The third kappa shape index (κ3) is 4.38. The van der Waals surface area contributed by atoms with Crippen molar-refractivity contribution in [2.24, 2.45) is 5.92 Å². The molecule has 1 aromatic heterocycles. The highest BCUT2D eigenvalue weighted by atomic mass is 32.2. The van der Waals surface area contributed by atoms with E-state index in [-0.39, 0.29) is 10.4 Å². The van der Waals surface area contributed by atoms with Gasteiger partial charge in [0.25, 0.3) is 0 Å². The second-order valence-electron chi connectivity index (χ2n) is 7.69. The minimum atomic E-state index is -2.59. The van der Waals surface area contributed by atoms with Crippen LogP contribution in [-0.2, 0) is 16.7 Å². The molecule has 1 aliphatic carbocycles. The van der Waals surface area contributed by atoms with E-state index in [1.165, 1.54) is 0 Å². The Morgan fingerprint density at radius 3 is 2.60 bits per heavy atom. The Kier molecular flexibility index (Phi) is 6.26. The van der Waals surface area contributed by atoms with Gasteiger partial charge in [-0.1, -0.05) is 49.4 Å². The lowest BCUT2D eigenvalue weighted by Gasteiger charge is -2.22. The van der Waals surface area contributed by atoms with Crippen LogP contribution in [0.1, 0.15) is 46.6 Å². The minimum Gasteiger partial charge on any atom is -0.478 e. The molecule has 0 saturated carbocycles. The summed E-state index contributed by atoms with van der Waals surface area (Å²) in [5, 5.41) is 16.7. The van der Waals surface area contributed by atoms with Gasteiger partial charge in [-0.3, -0.25) is 0 Å². The van der Waals surface area contributed by atoms with Crippen molar-refractivity contribution in [2.75, 3.05) is 5.32 Å². The predicted octanol–water partition coefficient (Wildman–Crippen LogP) is 3.67. The molecule has 1 heterocycles. The van der Waals surface area contributed by atoms with E-state index >= 15 is 0 Å². The number of carbonyl (C=O) groups is 1. The molecule has 1 aromatic carbocycles. The van der Waals surface area contributed by atoms with Gasteiger partial charge in [-0.25, -0.2) is 4.79 Å². The van der Waals surface area contributed by atoms with Crippen molar-refractivity contribution in [3.05, 3.63) is 64.4 Å². The van der Waals surface area contributed by atoms with Gasteiger partial charge >= 0.3 is 5.97 Å². The summed E-state index contributed by atoms with van der Waals surface area (Å²) in [6.07, 6.45) is 5.73. The lowest BCUT2D eigenvalue weighted by atomic mass is 9.89. The number of carboxylic acids is 1. The third-order valence-corrected chi connectivity index (χ3v) is 5.82. The molecular weight excluding hydrogens is 404 g/mol. The molecule has 3 rings (SSSR count). The molecule has 30 heavy (non-hydrogen) atoms. The van der Waals surface area contributed by atoms with Crippen molar-refractivity contribution in [1.82, 2.24) is 5.16 Å². The highest BCUT2D eigenvalue weighted by Crippen LogP contribution is 2.29. The first-order valence-electron chi connectivity index (χ1n) is 9.60. The number of aryl methyl sites for hydroxylation is 1. The molecule has 1 aliphatic rings. The molecule has 2 aromatic rings. The van der Waals surface area contributed by atoms with E-state index < -0.39 is 22.3 Å². The zero-order chi connectivity index (χ0) is 22.0. The molecule has 0 saturated heterocycles. The number of aromatic nitrogens is 1. The average molecular weight is 429 g/mol. The van der Waals surface area contributed by atoms with E-state index in [2.05, 4.69) is 24.3 Å². The summed E-state index contributed by atoms with van der Waals surface area (Å²) in [5.74, 6) is -0.363. The summed E-state index contributed by atoms with van der Waals surface area (Å²) in [6.45, 7) is 7.72. The lowest BCUT2D eigenvalue weighted by Crippen LogP contribution is -2.31. The first-order valence-corrected chi connectivity index (χ1v) is 10.7. The standard InChI is InChI=1S/C22H24N2O5S/c1-12(2)10-15-8-9-16(18(11-15)22(25)26)17-6-5-7-19(20(17)30(27)28)23-21-13(3)14(4)24-29-21/h5-9,11-12,19,23H,10H2,1-4H3,(H,25,26). The maximum absolute atomic E-state index is 12.2. The van der Waals surface area contributed by atoms with E-state index in [9.17, 15) is 18.3 Å². The van der Waals surface area contributed by atoms with Gasteiger partial charge < -0.3 is 14.9 Å². The Bertz CT molecular complexity index is 1180. The summed E-state index contributed by atoms with van der Waals surface area (Å²) < 4.78 is 29.6. The van der Waals surface area contributed by atoms with E-state index in [1.807, 2.05) is 13.0 Å². The summed E-state index contributed by atoms with van der Waals surface area (Å²) in [6, 6.07) is 4.43. The number of carboxylic acid groups (broad SMARTS) is 1. The Morgan fingerprint density at radius 2 is 2.03 bits per heavy atom. The van der Waals surface area contributed by atoms with E-state index in [4.69, 9.17) is 4.52 Å². The molecule has 8 heteroatoms. The third-order valence-electron chi connectivity index (χ3n) is 4.99. The van der Waals surface area contributed by atoms with Crippen molar-refractivity contribution in [2.45, 2.75) is 40.2 Å². The second-order valence-corrected chi connectivity index (χ2v) is 8.60. The summed E-state index contributed by atoms with van der Waals surface area (Å²) in [4.78, 5) is 12.0. The van der Waals surface area contributed by atoms with Gasteiger partial charge in [0.2, 0.25) is 16.2 Å². The van der Waals surface area contributed by atoms with Crippen LogP contribution in [0.3, 0.4) is 0 Å². The fourth-order valence-corrected chi connectivity index (χ4v) is 4.12. The molecule has 0 fully saturated rings. The Balaban J connectivity index is 2.06. The number of nitrogens with zero attached hydrogens (tertiary/aromatic N) is 1. The maximum atomic E-state index is 12.2. The summed E-state index contributed by atoms with van der Waals surface area (Å²) in [5.41, 5.74) is 3.14. The Labute approximate surface area is 176 Å². The SMILES string of the molecule is Cc1noc(NC2C=CC=C(c3ccc(CC(C)C)cc3C(=O)O)C2=S(=O)=O)c1C. The molecule has 7 nitrogen and oxygen atoms in total. The van der Waals surface area contributed by atoms with Crippen LogP contribution in [0.25, 0.3) is 5.57 Å². The first kappa shape index (κ1) is 21.6. The minimum absolute atomic E-state index is 0.0464. The Hall–Kier alpha value is -3.13. The van der Waals surface area contributed by atoms with Crippen molar-refractivity contribution in [3.63, 3.8) is 0 Å². The van der Waals surface area contributed by atoms with E-state index in [0.717, 1.165) is 17.5 Å². The molecule has 0 amide bonds. The maximum Gasteiger partial charge on any atom is 0.336 e. The first-order chi connectivity index (χ1) is 14.2. The number of hydrogen-bond acceptors (Lipinski definition) is 6. The van der Waals surface area contributed by atoms with Crippen molar-refractivity contribution < 1.29 is 22.8 Å². The molecule has 0 radical (unpaired) electrons. The molecule has 0 aliphatic heterocycles. The number of benzene rings is 1. The van der Waals surface area contributed by atoms with Gasteiger partial charge in [-0.05, 0) is 43.4 Å². The molecular formula is C22H24N2O5S. The zero-order valence-corrected chi connectivity index (χ0v) is 18.1. The van der Waals surface area contributed by atoms with Gasteiger partial charge in [0.1, 0.15) is 4.86 Å². The summed E-state index contributed by atoms with van der Waals surface area (Å²) >= 11 is 0. The fourth-order valence-electron chi connectivity index (χ4n) is 3.42. The quantitative estimate of drug-likeness (QED) is 0.676. The van der Waals surface area contributed by atoms with Gasteiger partial charge in [-0.15, -0.1) is 0 Å². The van der Waals surface area contributed by atoms with Crippen LogP contribution in [0.5, 0.6) is 0 Å². The topological polar surface area (TPSA) is 110 Å². The number of aromatic carboxylic acids is 1. The highest BCUT2D eigenvalue weighted by molar-refractivity contribution is 7.74. The molecule has 2 N–H and O–H groups in total. The van der Waals surface area contributed by atoms with Gasteiger partial charge in [0, 0.05) is 11.1 Å². The molecule has 0 spiro atoms. The average Bonchev–Trinajstić information content (AvgIpc) is 2.99. The molecule has 1 unspecified atom stereocenters. The smallest absolute Gasteiger partial charge is 0.336 e. The van der Waals surface area contributed by atoms with Crippen molar-refractivity contribution >= 4 is 32.6 Å². The van der Waals surface area contributed by atoms with Crippen LogP contribution < -0.4 is 5.32 Å². The predicted molar refractivity (Wildman–Crippen MR) is 116 cm³/mol. The number of hydrogen-bond donors (Lipinski definition) is 2. The highest BCUT2D eigenvalue weighted by Gasteiger charge is 2.27.